The van der Waals surface area contributed by atoms with Crippen molar-refractivity contribution >= 4 is 16.7 Å². The number of aromatic nitrogens is 2. The maximum absolute atomic E-state index is 8.98. The molecule has 0 amide bonds. The van der Waals surface area contributed by atoms with Crippen molar-refractivity contribution in [1.29, 1.82) is 0 Å². The van der Waals surface area contributed by atoms with Crippen LogP contribution in [0.2, 0.25) is 0 Å². The minimum absolute atomic E-state index is 0.0495. The van der Waals surface area contributed by atoms with E-state index < -0.39 is 0 Å². The van der Waals surface area contributed by atoms with E-state index in [-0.39, 0.29) is 12.1 Å². The fourth-order valence-electron chi connectivity index (χ4n) is 2.20. The van der Waals surface area contributed by atoms with Gasteiger partial charge in [0.25, 0.3) is 0 Å². The van der Waals surface area contributed by atoms with Crippen molar-refractivity contribution in [3.63, 3.8) is 0 Å². The molecular weight excluding hydrogens is 280 g/mol. The highest BCUT2D eigenvalue weighted by Gasteiger charge is 2.14. The number of aliphatic hydroxyl groups excluding tert-OH is 1. The van der Waals surface area contributed by atoms with Gasteiger partial charge in [-0.3, -0.25) is 0 Å². The van der Waals surface area contributed by atoms with Crippen LogP contribution >= 0.6 is 0 Å². The molecule has 22 heavy (non-hydrogen) atoms. The summed E-state index contributed by atoms with van der Waals surface area (Å²) >= 11 is 0. The van der Waals surface area contributed by atoms with Crippen molar-refractivity contribution < 1.29 is 9.84 Å². The summed E-state index contributed by atoms with van der Waals surface area (Å²) in [6, 6.07) is 5.63. The third-order valence-electron chi connectivity index (χ3n) is 3.57. The largest absolute Gasteiger partial charge is 0.493 e. The molecule has 0 aliphatic heterocycles. The number of rotatable bonds is 8. The number of nitrogen functional groups attached to an aromatic ring is 1. The van der Waals surface area contributed by atoms with E-state index in [0.717, 1.165) is 36.0 Å². The Balaban J connectivity index is 1.80. The normalized spacial score (nSPS) is 11.8. The van der Waals surface area contributed by atoms with Crippen LogP contribution in [0.25, 0.3) is 10.9 Å². The molecule has 1 aromatic heterocycles. The molecule has 1 aromatic carbocycles. The first kappa shape index (κ1) is 16.5. The molecule has 1 heterocycles. The van der Waals surface area contributed by atoms with Gasteiger partial charge in [0.2, 0.25) is 0 Å². The molecule has 0 bridgehead atoms. The molecule has 0 saturated carbocycles. The summed E-state index contributed by atoms with van der Waals surface area (Å²) in [6.07, 6.45) is 3.08. The molecule has 6 nitrogen and oxygen atoms in total. The topological polar surface area (TPSA) is 93.3 Å². The summed E-state index contributed by atoms with van der Waals surface area (Å²) in [7, 11) is 0. The van der Waals surface area contributed by atoms with E-state index in [1.807, 2.05) is 18.2 Å². The van der Waals surface area contributed by atoms with Crippen molar-refractivity contribution in [3.05, 3.63) is 24.5 Å². The van der Waals surface area contributed by atoms with E-state index >= 15 is 0 Å². The zero-order chi connectivity index (χ0) is 16.0. The van der Waals surface area contributed by atoms with Gasteiger partial charge in [-0.05, 0) is 45.4 Å². The van der Waals surface area contributed by atoms with E-state index in [4.69, 9.17) is 15.6 Å². The zero-order valence-corrected chi connectivity index (χ0v) is 13.2. The van der Waals surface area contributed by atoms with Gasteiger partial charge >= 0.3 is 0 Å². The second-order valence-electron chi connectivity index (χ2n) is 5.92. The van der Waals surface area contributed by atoms with Gasteiger partial charge in [0.05, 0.1) is 12.1 Å². The number of hydrogen-bond donors (Lipinski definition) is 3. The van der Waals surface area contributed by atoms with Gasteiger partial charge in [0.15, 0.2) is 0 Å². The highest BCUT2D eigenvalue weighted by Crippen LogP contribution is 2.22. The molecule has 0 atom stereocenters. The summed E-state index contributed by atoms with van der Waals surface area (Å²) in [5.74, 6) is 1.26. The number of hydrogen-bond acceptors (Lipinski definition) is 6. The van der Waals surface area contributed by atoms with Gasteiger partial charge in [0.1, 0.15) is 17.9 Å². The fourth-order valence-corrected chi connectivity index (χ4v) is 2.20. The van der Waals surface area contributed by atoms with Crippen molar-refractivity contribution in [2.45, 2.75) is 32.2 Å². The lowest BCUT2D eigenvalue weighted by molar-refractivity contribution is 0.226. The summed E-state index contributed by atoms with van der Waals surface area (Å²) in [4.78, 5) is 8.15. The van der Waals surface area contributed by atoms with E-state index in [9.17, 15) is 0 Å². The number of benzene rings is 1. The average Bonchev–Trinajstić information content (AvgIpc) is 2.47. The quantitative estimate of drug-likeness (QED) is 0.643. The van der Waals surface area contributed by atoms with Crippen LogP contribution in [0.5, 0.6) is 5.75 Å². The fraction of sp³-hybridized carbons (Fsp3) is 0.500. The number of nitrogens with two attached hydrogens (primary N) is 1. The Hall–Kier alpha value is -1.92. The summed E-state index contributed by atoms with van der Waals surface area (Å²) in [5, 5.41) is 13.2. The third kappa shape index (κ3) is 4.54. The molecule has 0 saturated heterocycles. The maximum Gasteiger partial charge on any atom is 0.134 e. The molecule has 0 spiro atoms. The Labute approximate surface area is 130 Å². The monoisotopic (exact) mass is 304 g/mol. The highest BCUT2D eigenvalue weighted by atomic mass is 16.5. The van der Waals surface area contributed by atoms with E-state index in [1.165, 1.54) is 6.33 Å². The van der Waals surface area contributed by atoms with Gasteiger partial charge in [0, 0.05) is 23.6 Å². The van der Waals surface area contributed by atoms with E-state index in [0.29, 0.717) is 12.4 Å². The number of anilines is 1. The molecule has 6 heteroatoms. The van der Waals surface area contributed by atoms with Crippen molar-refractivity contribution in [3.8, 4) is 5.75 Å². The first-order chi connectivity index (χ1) is 10.5. The first-order valence-electron chi connectivity index (χ1n) is 7.51. The van der Waals surface area contributed by atoms with E-state index in [1.54, 1.807) is 0 Å². The molecule has 0 aliphatic carbocycles. The van der Waals surface area contributed by atoms with Crippen LogP contribution < -0.4 is 15.8 Å². The lowest BCUT2D eigenvalue weighted by Crippen LogP contribution is -2.40. The Morgan fingerprint density at radius 2 is 2.14 bits per heavy atom. The SMILES string of the molecule is CC(C)(CCO)NCCCOc1ccc2c(N)ncnc2c1. The molecule has 0 unspecified atom stereocenters. The van der Waals surface area contributed by atoms with Crippen molar-refractivity contribution in [2.75, 3.05) is 25.5 Å². The zero-order valence-electron chi connectivity index (χ0n) is 13.2. The molecule has 0 radical (unpaired) electrons. The van der Waals surface area contributed by atoms with Gasteiger partial charge in [-0.2, -0.15) is 0 Å². The Bertz CT molecular complexity index is 616. The van der Waals surface area contributed by atoms with E-state index in [2.05, 4.69) is 29.1 Å². The number of aliphatic hydroxyl groups is 1. The number of nitrogens with one attached hydrogen (secondary N) is 1. The van der Waals surface area contributed by atoms with Crippen LogP contribution in [0.4, 0.5) is 5.82 Å². The Kier molecular flexibility index (Phi) is 5.51. The predicted octanol–water partition coefficient (Wildman–Crippen LogP) is 1.73. The lowest BCUT2D eigenvalue weighted by atomic mass is 10.0. The van der Waals surface area contributed by atoms with Gasteiger partial charge < -0.3 is 20.9 Å². The minimum atomic E-state index is -0.0495. The summed E-state index contributed by atoms with van der Waals surface area (Å²) in [6.45, 7) is 5.82. The molecule has 2 rings (SSSR count). The lowest BCUT2D eigenvalue weighted by Gasteiger charge is -2.25. The first-order valence-corrected chi connectivity index (χ1v) is 7.51. The van der Waals surface area contributed by atoms with Crippen molar-refractivity contribution in [2.24, 2.45) is 0 Å². The molecular formula is C16H24N4O2. The molecule has 120 valence electrons. The summed E-state index contributed by atoms with van der Waals surface area (Å²) < 4.78 is 5.74. The number of fused-ring (bicyclic) bond motifs is 1. The minimum Gasteiger partial charge on any atom is -0.493 e. The smallest absolute Gasteiger partial charge is 0.134 e. The van der Waals surface area contributed by atoms with Gasteiger partial charge in [-0.25, -0.2) is 9.97 Å². The highest BCUT2D eigenvalue weighted by molar-refractivity contribution is 5.88. The molecule has 2 aromatic rings. The Morgan fingerprint density at radius 3 is 2.91 bits per heavy atom. The van der Waals surface area contributed by atoms with Crippen LogP contribution in [0, 0.1) is 0 Å². The second-order valence-corrected chi connectivity index (χ2v) is 5.92. The van der Waals surface area contributed by atoms with Crippen LogP contribution in [0.1, 0.15) is 26.7 Å². The second kappa shape index (κ2) is 7.38. The average molecular weight is 304 g/mol. The van der Waals surface area contributed by atoms with Crippen LogP contribution in [-0.2, 0) is 0 Å². The third-order valence-corrected chi connectivity index (χ3v) is 3.57. The van der Waals surface area contributed by atoms with Gasteiger partial charge in [-0.15, -0.1) is 0 Å². The number of ether oxygens (including phenoxy) is 1. The van der Waals surface area contributed by atoms with Crippen LogP contribution in [-0.4, -0.2) is 40.4 Å². The Morgan fingerprint density at radius 1 is 1.32 bits per heavy atom. The van der Waals surface area contributed by atoms with Crippen LogP contribution in [0.3, 0.4) is 0 Å². The van der Waals surface area contributed by atoms with Crippen LogP contribution in [0.15, 0.2) is 24.5 Å². The van der Waals surface area contributed by atoms with Crippen molar-refractivity contribution in [1.82, 2.24) is 15.3 Å². The molecule has 0 aliphatic rings. The van der Waals surface area contributed by atoms with Gasteiger partial charge in [-0.1, -0.05) is 0 Å². The maximum atomic E-state index is 8.98. The molecule has 4 N–H and O–H groups in total. The number of nitrogens with zero attached hydrogens (tertiary/aromatic N) is 2. The molecule has 0 fully saturated rings. The standard InChI is InChI=1S/C16H24N4O2/c1-16(2,6-8-21)20-7-3-9-22-12-4-5-13-14(10-12)18-11-19-15(13)17/h4-5,10-11,20-21H,3,6-9H2,1-2H3,(H2,17,18,19). The predicted molar refractivity (Wildman–Crippen MR) is 87.8 cm³/mol. The summed E-state index contributed by atoms with van der Waals surface area (Å²) in [5.41, 5.74) is 6.53.